The van der Waals surface area contributed by atoms with Crippen LogP contribution in [0.1, 0.15) is 43.4 Å². The maximum Gasteiger partial charge on any atom is 0.266 e. The first-order valence-electron chi connectivity index (χ1n) is 10.5. The lowest BCUT2D eigenvalue weighted by Crippen LogP contribution is -2.46. The number of rotatable bonds is 6. The van der Waals surface area contributed by atoms with E-state index in [1.54, 1.807) is 25.4 Å². The van der Waals surface area contributed by atoms with Gasteiger partial charge in [-0.15, -0.1) is 0 Å². The van der Waals surface area contributed by atoms with Crippen LogP contribution in [0.25, 0.3) is 10.9 Å². The number of piperidine rings is 1. The van der Waals surface area contributed by atoms with Crippen molar-refractivity contribution in [2.24, 2.45) is 0 Å². The van der Waals surface area contributed by atoms with Gasteiger partial charge in [0.25, 0.3) is 6.43 Å². The highest BCUT2D eigenvalue weighted by Gasteiger charge is 2.32. The van der Waals surface area contributed by atoms with Crippen molar-refractivity contribution in [3.63, 3.8) is 0 Å². The summed E-state index contributed by atoms with van der Waals surface area (Å²) >= 11 is 0. The molecule has 1 atom stereocenters. The normalized spacial score (nSPS) is 17.0. The van der Waals surface area contributed by atoms with Crippen LogP contribution in [0.2, 0.25) is 0 Å². The van der Waals surface area contributed by atoms with Gasteiger partial charge in [0.15, 0.2) is 0 Å². The van der Waals surface area contributed by atoms with E-state index < -0.39 is 29.4 Å². The summed E-state index contributed by atoms with van der Waals surface area (Å²) in [4.78, 5) is 10.8. The smallest absolute Gasteiger partial charge is 0.266 e. The summed E-state index contributed by atoms with van der Waals surface area (Å²) in [6.07, 6.45) is 1.22. The van der Waals surface area contributed by atoms with E-state index in [0.29, 0.717) is 43.0 Å². The molecule has 1 aliphatic rings. The first kappa shape index (κ1) is 22.3. The molecule has 4 rings (SSSR count). The Morgan fingerprint density at radius 3 is 2.56 bits per heavy atom. The zero-order valence-corrected chi connectivity index (χ0v) is 17.6. The van der Waals surface area contributed by atoms with Crippen LogP contribution in [0, 0.1) is 5.82 Å². The van der Waals surface area contributed by atoms with Crippen molar-refractivity contribution in [2.45, 2.75) is 37.8 Å². The molecule has 3 heterocycles. The second kappa shape index (κ2) is 8.91. The number of halogens is 3. The van der Waals surface area contributed by atoms with Crippen LogP contribution in [0.15, 0.2) is 42.7 Å². The molecule has 3 N–H and O–H groups in total. The molecular formula is C23H25F3N4O2. The molecule has 2 aromatic heterocycles. The van der Waals surface area contributed by atoms with E-state index in [-0.39, 0.29) is 12.2 Å². The number of fused-ring (bicyclic) bond motifs is 1. The third kappa shape index (κ3) is 4.35. The van der Waals surface area contributed by atoms with Crippen molar-refractivity contribution < 1.29 is 23.4 Å². The largest absolute Gasteiger partial charge is 0.393 e. The van der Waals surface area contributed by atoms with Crippen LogP contribution >= 0.6 is 0 Å². The van der Waals surface area contributed by atoms with Gasteiger partial charge in [0, 0.05) is 35.9 Å². The fraction of sp³-hybridized carbons (Fsp3) is 0.391. The molecule has 6 nitrogen and oxygen atoms in total. The average Bonchev–Trinajstić information content (AvgIpc) is 2.79. The zero-order chi connectivity index (χ0) is 22.9. The lowest BCUT2D eigenvalue weighted by molar-refractivity contribution is -0.0326. The predicted molar refractivity (Wildman–Crippen MR) is 116 cm³/mol. The van der Waals surface area contributed by atoms with Crippen LogP contribution < -0.4 is 10.2 Å². The number of anilines is 2. The molecule has 170 valence electrons. The molecule has 0 amide bonds. The van der Waals surface area contributed by atoms with Crippen LogP contribution in [-0.4, -0.2) is 45.5 Å². The molecule has 0 bridgehead atoms. The summed E-state index contributed by atoms with van der Waals surface area (Å²) in [5.74, 6) is -0.208. The van der Waals surface area contributed by atoms with E-state index >= 15 is 0 Å². The zero-order valence-electron chi connectivity index (χ0n) is 17.6. The minimum Gasteiger partial charge on any atom is -0.393 e. The van der Waals surface area contributed by atoms with Crippen molar-refractivity contribution in [2.75, 3.05) is 29.9 Å². The van der Waals surface area contributed by atoms with Crippen LogP contribution in [0.4, 0.5) is 24.7 Å². The molecule has 0 spiro atoms. The molecule has 0 aliphatic carbocycles. The van der Waals surface area contributed by atoms with E-state index in [1.165, 1.54) is 12.1 Å². The summed E-state index contributed by atoms with van der Waals surface area (Å²) < 4.78 is 40.8. The predicted octanol–water partition coefficient (Wildman–Crippen LogP) is 4.20. The number of pyridine rings is 2. The van der Waals surface area contributed by atoms with E-state index in [1.807, 2.05) is 11.0 Å². The molecule has 0 unspecified atom stereocenters. The summed E-state index contributed by atoms with van der Waals surface area (Å²) in [5, 5.41) is 23.6. The van der Waals surface area contributed by atoms with Gasteiger partial charge in [0.1, 0.15) is 11.6 Å². The molecule has 1 aliphatic heterocycles. The fourth-order valence-corrected chi connectivity index (χ4v) is 4.03. The SMILES string of the molecule is C[C@@H](Nc1ccnc2cnc(N3CCC(O)(CO)CC3)cc12)c1cccc(C(F)F)c1F. The van der Waals surface area contributed by atoms with Gasteiger partial charge in [-0.05, 0) is 31.9 Å². The highest BCUT2D eigenvalue weighted by Crippen LogP contribution is 2.32. The van der Waals surface area contributed by atoms with E-state index in [0.717, 1.165) is 11.5 Å². The number of aromatic nitrogens is 2. The van der Waals surface area contributed by atoms with Gasteiger partial charge < -0.3 is 20.4 Å². The van der Waals surface area contributed by atoms with Gasteiger partial charge in [-0.3, -0.25) is 4.98 Å². The number of nitrogens with one attached hydrogen (secondary N) is 1. The number of aliphatic hydroxyl groups excluding tert-OH is 1. The Morgan fingerprint density at radius 2 is 1.88 bits per heavy atom. The second-order valence-corrected chi connectivity index (χ2v) is 8.20. The minimum absolute atomic E-state index is 0.154. The third-order valence-electron chi connectivity index (χ3n) is 6.06. The molecule has 9 heteroatoms. The maximum atomic E-state index is 14.6. The van der Waals surface area contributed by atoms with Crippen LogP contribution in [0.3, 0.4) is 0 Å². The van der Waals surface area contributed by atoms with E-state index in [4.69, 9.17) is 0 Å². The number of alkyl halides is 2. The lowest BCUT2D eigenvalue weighted by atomic mass is 9.92. The Morgan fingerprint density at radius 1 is 1.16 bits per heavy atom. The van der Waals surface area contributed by atoms with Crippen molar-refractivity contribution in [3.8, 4) is 0 Å². The summed E-state index contributed by atoms with van der Waals surface area (Å²) in [6.45, 7) is 2.52. The van der Waals surface area contributed by atoms with Gasteiger partial charge >= 0.3 is 0 Å². The van der Waals surface area contributed by atoms with Crippen LogP contribution in [0.5, 0.6) is 0 Å². The summed E-state index contributed by atoms with van der Waals surface area (Å²) in [6, 6.07) is 7.06. The molecule has 3 aromatic rings. The molecule has 1 aromatic carbocycles. The van der Waals surface area contributed by atoms with E-state index in [9.17, 15) is 23.4 Å². The fourth-order valence-electron chi connectivity index (χ4n) is 4.03. The van der Waals surface area contributed by atoms with Gasteiger partial charge in [-0.25, -0.2) is 18.2 Å². The van der Waals surface area contributed by atoms with Crippen molar-refractivity contribution in [1.82, 2.24) is 9.97 Å². The quantitative estimate of drug-likeness (QED) is 0.527. The maximum absolute atomic E-state index is 14.6. The molecule has 1 saturated heterocycles. The standard InChI is InChI=1S/C23H25F3N4O2/c1-14(15-3-2-4-16(21(15)24)22(25)26)29-18-5-8-27-19-12-28-20(11-17(18)19)30-9-6-23(32,13-31)7-10-30/h2-5,8,11-12,14,22,31-32H,6-7,9-10,13H2,1H3,(H,27,29)/t14-/m1/s1. The third-order valence-corrected chi connectivity index (χ3v) is 6.06. The monoisotopic (exact) mass is 446 g/mol. The summed E-state index contributed by atoms with van der Waals surface area (Å²) in [5.41, 5.74) is -0.210. The molecule has 0 radical (unpaired) electrons. The lowest BCUT2D eigenvalue weighted by Gasteiger charge is -2.37. The molecular weight excluding hydrogens is 421 g/mol. The molecule has 0 saturated carbocycles. The van der Waals surface area contributed by atoms with E-state index in [2.05, 4.69) is 15.3 Å². The number of nitrogens with zero attached hydrogens (tertiary/aromatic N) is 3. The van der Waals surface area contributed by atoms with Gasteiger partial charge in [0.05, 0.1) is 35.5 Å². The van der Waals surface area contributed by atoms with Gasteiger partial charge in [0.2, 0.25) is 0 Å². The molecule has 1 fully saturated rings. The Hall–Kier alpha value is -2.91. The Balaban J connectivity index is 1.61. The molecule has 32 heavy (non-hydrogen) atoms. The first-order chi connectivity index (χ1) is 15.3. The Kier molecular flexibility index (Phi) is 6.21. The summed E-state index contributed by atoms with van der Waals surface area (Å²) in [7, 11) is 0. The number of aliphatic hydroxyl groups is 2. The second-order valence-electron chi connectivity index (χ2n) is 8.20. The highest BCUT2D eigenvalue weighted by molar-refractivity contribution is 5.92. The Labute approximate surface area is 183 Å². The number of benzene rings is 1. The van der Waals surface area contributed by atoms with Gasteiger partial charge in [-0.1, -0.05) is 18.2 Å². The van der Waals surface area contributed by atoms with Crippen molar-refractivity contribution in [1.29, 1.82) is 0 Å². The minimum atomic E-state index is -2.88. The average molecular weight is 446 g/mol. The Bertz CT molecular complexity index is 1100. The number of hydrogen-bond acceptors (Lipinski definition) is 6. The number of hydrogen-bond donors (Lipinski definition) is 3. The van der Waals surface area contributed by atoms with Gasteiger partial charge in [-0.2, -0.15) is 0 Å². The first-order valence-corrected chi connectivity index (χ1v) is 10.5. The highest BCUT2D eigenvalue weighted by atomic mass is 19.3. The topological polar surface area (TPSA) is 81.5 Å². The van der Waals surface area contributed by atoms with Crippen LogP contribution in [-0.2, 0) is 0 Å². The van der Waals surface area contributed by atoms with Crippen molar-refractivity contribution in [3.05, 3.63) is 59.7 Å². The van der Waals surface area contributed by atoms with Crippen molar-refractivity contribution >= 4 is 22.4 Å².